The maximum Gasteiger partial charge on any atom is 0.319 e. The van der Waals surface area contributed by atoms with Crippen LogP contribution < -0.4 is 10.6 Å². The van der Waals surface area contributed by atoms with Crippen LogP contribution in [0.25, 0.3) is 11.1 Å². The smallest absolute Gasteiger partial charge is 0.319 e. The Hall–Kier alpha value is -2.08. The van der Waals surface area contributed by atoms with E-state index in [1.807, 2.05) is 26.0 Å². The van der Waals surface area contributed by atoms with Crippen molar-refractivity contribution in [3.8, 4) is 0 Å². The van der Waals surface area contributed by atoms with Gasteiger partial charge in [-0.3, -0.25) is 0 Å². The number of hydrogen-bond acceptors (Lipinski definition) is 4. The van der Waals surface area contributed by atoms with E-state index >= 15 is 0 Å². The molecule has 3 rings (SSSR count). The lowest BCUT2D eigenvalue weighted by atomic mass is 9.95. The van der Waals surface area contributed by atoms with E-state index in [4.69, 9.17) is 9.52 Å². The van der Waals surface area contributed by atoms with Gasteiger partial charge in [-0.25, -0.2) is 9.78 Å². The van der Waals surface area contributed by atoms with Gasteiger partial charge in [-0.1, -0.05) is 6.92 Å². The van der Waals surface area contributed by atoms with E-state index < -0.39 is 5.54 Å². The molecule has 2 amide bonds. The maximum absolute atomic E-state index is 12.2. The molecule has 0 spiro atoms. The fourth-order valence-electron chi connectivity index (χ4n) is 2.54. The van der Waals surface area contributed by atoms with Crippen LogP contribution >= 0.6 is 0 Å². The molecule has 1 aliphatic carbocycles. The van der Waals surface area contributed by atoms with Crippen LogP contribution in [0.3, 0.4) is 0 Å². The quantitative estimate of drug-likeness (QED) is 0.762. The van der Waals surface area contributed by atoms with Gasteiger partial charge in [0.1, 0.15) is 5.52 Å². The topological polar surface area (TPSA) is 87.4 Å². The molecule has 6 heteroatoms. The van der Waals surface area contributed by atoms with Crippen LogP contribution in [0.2, 0.25) is 0 Å². The van der Waals surface area contributed by atoms with E-state index in [1.165, 1.54) is 0 Å². The van der Waals surface area contributed by atoms with E-state index in [2.05, 4.69) is 15.6 Å². The Kier molecular flexibility index (Phi) is 4.26. The zero-order valence-corrected chi connectivity index (χ0v) is 13.6. The van der Waals surface area contributed by atoms with Crippen LogP contribution in [-0.2, 0) is 0 Å². The van der Waals surface area contributed by atoms with E-state index in [0.717, 1.165) is 30.7 Å². The lowest BCUT2D eigenvalue weighted by Crippen LogP contribution is -2.48. The number of amides is 2. The molecule has 1 aliphatic rings. The summed E-state index contributed by atoms with van der Waals surface area (Å²) >= 11 is 0. The predicted molar refractivity (Wildman–Crippen MR) is 88.5 cm³/mol. The van der Waals surface area contributed by atoms with Gasteiger partial charge in [-0.2, -0.15) is 0 Å². The number of urea groups is 1. The molecule has 1 unspecified atom stereocenters. The Morgan fingerprint density at radius 1 is 1.48 bits per heavy atom. The number of aliphatic hydroxyl groups is 1. The van der Waals surface area contributed by atoms with E-state index in [9.17, 15) is 4.79 Å². The van der Waals surface area contributed by atoms with Crippen molar-refractivity contribution in [1.29, 1.82) is 0 Å². The molecule has 1 aromatic carbocycles. The van der Waals surface area contributed by atoms with Crippen molar-refractivity contribution < 1.29 is 14.3 Å². The largest absolute Gasteiger partial charge is 0.440 e. The molecule has 1 fully saturated rings. The molecule has 1 heterocycles. The van der Waals surface area contributed by atoms with E-state index in [1.54, 1.807) is 6.07 Å². The number of aromatic nitrogens is 1. The van der Waals surface area contributed by atoms with Gasteiger partial charge in [0.25, 0.3) is 0 Å². The third-order valence-electron chi connectivity index (χ3n) is 4.45. The highest BCUT2D eigenvalue weighted by Crippen LogP contribution is 2.40. The van der Waals surface area contributed by atoms with Gasteiger partial charge in [0, 0.05) is 29.8 Å². The van der Waals surface area contributed by atoms with Crippen LogP contribution in [0, 0.1) is 0 Å². The average molecular weight is 317 g/mol. The Balaban J connectivity index is 1.69. The lowest BCUT2D eigenvalue weighted by Gasteiger charge is -2.28. The number of nitrogens with zero attached hydrogens (tertiary/aromatic N) is 1. The number of carbonyl (C=O) groups excluding carboxylic acids is 1. The minimum absolute atomic E-state index is 0.0403. The van der Waals surface area contributed by atoms with Crippen LogP contribution in [0.1, 0.15) is 51.3 Å². The minimum atomic E-state index is -0.422. The molecule has 0 radical (unpaired) electrons. The normalized spacial score (nSPS) is 17.0. The number of aliphatic hydroxyl groups excluding tert-OH is 1. The third kappa shape index (κ3) is 3.64. The number of rotatable bonds is 6. The molecule has 2 aromatic rings. The Morgan fingerprint density at radius 3 is 2.91 bits per heavy atom. The molecule has 3 N–H and O–H groups in total. The number of anilines is 1. The fraction of sp³-hybridized carbons (Fsp3) is 0.529. The predicted octanol–water partition coefficient (Wildman–Crippen LogP) is 3.38. The molecule has 1 aromatic heterocycles. The summed E-state index contributed by atoms with van der Waals surface area (Å²) in [5.74, 6) is 1.26. The second-order valence-electron chi connectivity index (χ2n) is 6.48. The summed E-state index contributed by atoms with van der Waals surface area (Å²) in [6.07, 6.45) is 3.54. The van der Waals surface area contributed by atoms with Crippen molar-refractivity contribution in [2.75, 3.05) is 11.9 Å². The number of oxazole rings is 1. The average Bonchev–Trinajstić information content (AvgIpc) is 3.27. The van der Waals surface area contributed by atoms with Gasteiger partial charge in [0.15, 0.2) is 11.5 Å². The summed E-state index contributed by atoms with van der Waals surface area (Å²) in [6, 6.07) is 5.18. The third-order valence-corrected chi connectivity index (χ3v) is 4.45. The summed E-state index contributed by atoms with van der Waals surface area (Å²) in [5.41, 5.74) is 1.75. The van der Waals surface area contributed by atoms with Crippen LogP contribution in [0.4, 0.5) is 10.5 Å². The summed E-state index contributed by atoms with van der Waals surface area (Å²) in [6.45, 7) is 3.94. The molecule has 1 atom stereocenters. The number of hydrogen-bond donors (Lipinski definition) is 3. The second kappa shape index (κ2) is 6.20. The standard InChI is InChI=1S/C17H23N3O3/c1-3-17(2,8-9-21)20-16(22)18-12-6-7-13-14(10-12)23-15(19-13)11-4-5-11/h6-7,10-11,21H,3-5,8-9H2,1-2H3,(H2,18,20,22). The Labute approximate surface area is 135 Å². The first-order valence-corrected chi connectivity index (χ1v) is 8.13. The maximum atomic E-state index is 12.2. The Bertz CT molecular complexity index is 708. The first-order valence-electron chi connectivity index (χ1n) is 8.13. The first-order chi connectivity index (χ1) is 11.0. The molecule has 6 nitrogen and oxygen atoms in total. The monoisotopic (exact) mass is 317 g/mol. The van der Waals surface area contributed by atoms with Crippen LogP contribution in [0.15, 0.2) is 22.6 Å². The van der Waals surface area contributed by atoms with Crippen molar-refractivity contribution >= 4 is 22.8 Å². The minimum Gasteiger partial charge on any atom is -0.440 e. The molecule has 1 saturated carbocycles. The second-order valence-corrected chi connectivity index (χ2v) is 6.48. The summed E-state index contributed by atoms with van der Waals surface area (Å²) in [7, 11) is 0. The van der Waals surface area contributed by atoms with Crippen LogP contribution in [-0.4, -0.2) is 28.3 Å². The molecule has 0 saturated heterocycles. The zero-order chi connectivity index (χ0) is 16.4. The molecule has 23 heavy (non-hydrogen) atoms. The molecule has 0 bridgehead atoms. The van der Waals surface area contributed by atoms with Gasteiger partial charge >= 0.3 is 6.03 Å². The zero-order valence-electron chi connectivity index (χ0n) is 13.6. The Morgan fingerprint density at radius 2 is 2.26 bits per heavy atom. The SMILES string of the molecule is CCC(C)(CCO)NC(=O)Nc1ccc2nc(C3CC3)oc2c1. The van der Waals surface area contributed by atoms with Crippen molar-refractivity contribution in [1.82, 2.24) is 10.3 Å². The fourth-order valence-corrected chi connectivity index (χ4v) is 2.54. The van der Waals surface area contributed by atoms with Crippen molar-refractivity contribution in [3.63, 3.8) is 0 Å². The molecular weight excluding hydrogens is 294 g/mol. The number of nitrogens with one attached hydrogen (secondary N) is 2. The van der Waals surface area contributed by atoms with Crippen LogP contribution in [0.5, 0.6) is 0 Å². The number of fused-ring (bicyclic) bond motifs is 1. The number of carbonyl (C=O) groups is 1. The van der Waals surface area contributed by atoms with Gasteiger partial charge in [-0.15, -0.1) is 0 Å². The number of benzene rings is 1. The van der Waals surface area contributed by atoms with Gasteiger partial charge in [0.05, 0.1) is 0 Å². The van der Waals surface area contributed by atoms with E-state index in [-0.39, 0.29) is 12.6 Å². The summed E-state index contributed by atoms with van der Waals surface area (Å²) in [5, 5.41) is 14.8. The molecular formula is C17H23N3O3. The van der Waals surface area contributed by atoms with Crippen molar-refractivity contribution in [2.45, 2.75) is 51.0 Å². The first kappa shape index (κ1) is 15.8. The van der Waals surface area contributed by atoms with Gasteiger partial charge in [0.2, 0.25) is 0 Å². The lowest BCUT2D eigenvalue weighted by molar-refractivity contribution is 0.208. The van der Waals surface area contributed by atoms with Gasteiger partial charge < -0.3 is 20.2 Å². The van der Waals surface area contributed by atoms with E-state index in [0.29, 0.717) is 23.6 Å². The summed E-state index contributed by atoms with van der Waals surface area (Å²) in [4.78, 5) is 16.6. The highest BCUT2D eigenvalue weighted by molar-refractivity contribution is 5.92. The van der Waals surface area contributed by atoms with Crippen molar-refractivity contribution in [2.24, 2.45) is 0 Å². The highest BCUT2D eigenvalue weighted by Gasteiger charge is 2.29. The summed E-state index contributed by atoms with van der Waals surface area (Å²) < 4.78 is 5.76. The van der Waals surface area contributed by atoms with Crippen molar-refractivity contribution in [3.05, 3.63) is 24.1 Å². The molecule has 0 aliphatic heterocycles. The molecule has 124 valence electrons. The highest BCUT2D eigenvalue weighted by atomic mass is 16.3. The van der Waals surface area contributed by atoms with Gasteiger partial charge in [-0.05, 0) is 44.7 Å².